The molecular weight excluding hydrogens is 757 g/mol. The van der Waals surface area contributed by atoms with Crippen LogP contribution in [-0.2, 0) is 6.42 Å². The number of para-hydroxylation sites is 1. The van der Waals surface area contributed by atoms with Crippen molar-refractivity contribution in [2.75, 3.05) is 4.90 Å². The lowest BCUT2D eigenvalue weighted by molar-refractivity contribution is 0.888. The number of thiophene rings is 1. The lowest BCUT2D eigenvalue weighted by Gasteiger charge is -2.26. The number of benzene rings is 9. The molecule has 2 aromatic heterocycles. The third kappa shape index (κ3) is 6.17. The van der Waals surface area contributed by atoms with Gasteiger partial charge in [-0.05, 0) is 130 Å². The SMILES string of the molecule is C1=Cc2c(n(-c3ccccc3)c3ccc(-c4ccc5cc(N(c6ccc(-c7ccccc7)cc6)c6ccc(-c7cccc8c7sc7ccccc78)cc6)ccc5c4)cc23)CC1. The van der Waals surface area contributed by atoms with Crippen LogP contribution in [0.3, 0.4) is 0 Å². The van der Waals surface area contributed by atoms with E-state index in [9.17, 15) is 0 Å². The second-order valence-corrected chi connectivity index (χ2v) is 17.1. The zero-order valence-electron chi connectivity index (χ0n) is 33.5. The molecule has 0 atom stereocenters. The molecule has 288 valence electrons. The van der Waals surface area contributed by atoms with Crippen LogP contribution in [0.25, 0.3) is 87.0 Å². The van der Waals surface area contributed by atoms with Gasteiger partial charge in [-0.15, -0.1) is 11.3 Å². The molecule has 0 bridgehead atoms. The highest BCUT2D eigenvalue weighted by molar-refractivity contribution is 7.26. The molecule has 1 aliphatic rings. The number of hydrogen-bond donors (Lipinski definition) is 0. The molecule has 1 aliphatic carbocycles. The van der Waals surface area contributed by atoms with Crippen molar-refractivity contribution in [3.05, 3.63) is 224 Å². The van der Waals surface area contributed by atoms with E-state index in [4.69, 9.17) is 0 Å². The van der Waals surface area contributed by atoms with Crippen LogP contribution >= 0.6 is 11.3 Å². The zero-order chi connectivity index (χ0) is 40.3. The highest BCUT2D eigenvalue weighted by Gasteiger charge is 2.20. The molecule has 0 saturated heterocycles. The maximum atomic E-state index is 2.46. The molecule has 0 spiro atoms. The smallest absolute Gasteiger partial charge is 0.0538 e. The number of allylic oxidation sites excluding steroid dienone is 1. The van der Waals surface area contributed by atoms with E-state index >= 15 is 0 Å². The summed E-state index contributed by atoms with van der Waals surface area (Å²) in [5.41, 5.74) is 15.9. The largest absolute Gasteiger partial charge is 0.313 e. The lowest BCUT2D eigenvalue weighted by Crippen LogP contribution is -2.09. The van der Waals surface area contributed by atoms with E-state index in [2.05, 4.69) is 228 Å². The van der Waals surface area contributed by atoms with Gasteiger partial charge in [0.25, 0.3) is 0 Å². The molecule has 0 fully saturated rings. The van der Waals surface area contributed by atoms with Crippen LogP contribution in [0.15, 0.2) is 212 Å². The summed E-state index contributed by atoms with van der Waals surface area (Å²) in [6, 6.07) is 75.7. The number of hydrogen-bond acceptors (Lipinski definition) is 2. The van der Waals surface area contributed by atoms with E-state index in [0.717, 1.165) is 29.9 Å². The van der Waals surface area contributed by atoms with E-state index in [-0.39, 0.29) is 0 Å². The second-order valence-electron chi connectivity index (χ2n) is 16.0. The summed E-state index contributed by atoms with van der Waals surface area (Å²) in [7, 11) is 0. The normalized spacial score (nSPS) is 12.4. The van der Waals surface area contributed by atoms with E-state index in [0.29, 0.717) is 0 Å². The Kier molecular flexibility index (Phi) is 8.53. The van der Waals surface area contributed by atoms with Crippen molar-refractivity contribution in [1.82, 2.24) is 4.57 Å². The highest BCUT2D eigenvalue weighted by atomic mass is 32.1. The molecule has 2 nitrogen and oxygen atoms in total. The maximum absolute atomic E-state index is 2.46. The first-order valence-corrected chi connectivity index (χ1v) is 21.9. The Hall–Kier alpha value is -7.46. The first-order valence-electron chi connectivity index (χ1n) is 21.1. The Morgan fingerprint density at radius 1 is 0.443 bits per heavy atom. The predicted molar refractivity (Wildman–Crippen MR) is 262 cm³/mol. The van der Waals surface area contributed by atoms with Crippen molar-refractivity contribution in [3.63, 3.8) is 0 Å². The average Bonchev–Trinajstić information content (AvgIpc) is 3.88. The summed E-state index contributed by atoms with van der Waals surface area (Å²) in [6.45, 7) is 0. The summed E-state index contributed by atoms with van der Waals surface area (Å²) in [4.78, 5) is 2.38. The topological polar surface area (TPSA) is 8.17 Å². The van der Waals surface area contributed by atoms with Gasteiger partial charge in [0.1, 0.15) is 0 Å². The molecule has 0 unspecified atom stereocenters. The predicted octanol–water partition coefficient (Wildman–Crippen LogP) is 16.6. The minimum absolute atomic E-state index is 1.05. The molecule has 0 saturated carbocycles. The number of anilines is 3. The van der Waals surface area contributed by atoms with Gasteiger partial charge in [0.2, 0.25) is 0 Å². The van der Waals surface area contributed by atoms with Gasteiger partial charge >= 0.3 is 0 Å². The Morgan fingerprint density at radius 2 is 1.07 bits per heavy atom. The maximum Gasteiger partial charge on any atom is 0.0538 e. The molecule has 11 aromatic rings. The van der Waals surface area contributed by atoms with E-state index in [1.165, 1.54) is 92.2 Å². The molecule has 0 amide bonds. The summed E-state index contributed by atoms with van der Waals surface area (Å²) >= 11 is 1.88. The quantitative estimate of drug-likeness (QED) is 0.156. The van der Waals surface area contributed by atoms with E-state index in [1.54, 1.807) is 0 Å². The van der Waals surface area contributed by atoms with Crippen molar-refractivity contribution < 1.29 is 0 Å². The first-order chi connectivity index (χ1) is 30.2. The Balaban J connectivity index is 0.926. The molecule has 3 heteroatoms. The number of aromatic nitrogens is 1. The van der Waals surface area contributed by atoms with Crippen LogP contribution in [0, 0.1) is 0 Å². The van der Waals surface area contributed by atoms with Gasteiger partial charge in [-0.3, -0.25) is 0 Å². The second kappa shape index (κ2) is 14.7. The van der Waals surface area contributed by atoms with Gasteiger partial charge < -0.3 is 9.47 Å². The summed E-state index contributed by atoms with van der Waals surface area (Å²) < 4.78 is 5.12. The van der Waals surface area contributed by atoms with Crippen LogP contribution in [0.5, 0.6) is 0 Å². The van der Waals surface area contributed by atoms with Crippen LogP contribution in [0.2, 0.25) is 0 Å². The van der Waals surface area contributed by atoms with Gasteiger partial charge in [0, 0.05) is 59.6 Å². The van der Waals surface area contributed by atoms with Gasteiger partial charge in [-0.25, -0.2) is 0 Å². The van der Waals surface area contributed by atoms with Gasteiger partial charge in [0.05, 0.1) is 5.52 Å². The Morgan fingerprint density at radius 3 is 1.89 bits per heavy atom. The minimum atomic E-state index is 1.05. The van der Waals surface area contributed by atoms with Crippen LogP contribution in [-0.4, -0.2) is 4.57 Å². The fraction of sp³-hybridized carbons (Fsp3) is 0.0345. The monoisotopic (exact) mass is 796 g/mol. The van der Waals surface area contributed by atoms with Gasteiger partial charge in [-0.2, -0.15) is 0 Å². The third-order valence-electron chi connectivity index (χ3n) is 12.4. The number of nitrogens with zero attached hydrogens (tertiary/aromatic N) is 2. The molecule has 2 heterocycles. The van der Waals surface area contributed by atoms with Crippen LogP contribution in [0.1, 0.15) is 17.7 Å². The molecular formula is C58H40N2S. The number of rotatable bonds is 7. The molecule has 12 rings (SSSR count). The van der Waals surface area contributed by atoms with Gasteiger partial charge in [0.15, 0.2) is 0 Å². The van der Waals surface area contributed by atoms with Crippen molar-refractivity contribution in [1.29, 1.82) is 0 Å². The van der Waals surface area contributed by atoms with E-state index in [1.807, 2.05) is 11.3 Å². The fourth-order valence-corrected chi connectivity index (χ4v) is 10.7. The molecule has 0 N–H and O–H groups in total. The molecule has 61 heavy (non-hydrogen) atoms. The Labute approximate surface area is 359 Å². The molecule has 0 aliphatic heterocycles. The van der Waals surface area contributed by atoms with Gasteiger partial charge in [-0.1, -0.05) is 146 Å². The fourth-order valence-electron chi connectivity index (χ4n) is 9.47. The van der Waals surface area contributed by atoms with E-state index < -0.39 is 0 Å². The van der Waals surface area contributed by atoms with Crippen molar-refractivity contribution >= 4 is 76.3 Å². The van der Waals surface area contributed by atoms with Crippen molar-refractivity contribution in [3.8, 4) is 39.1 Å². The third-order valence-corrected chi connectivity index (χ3v) is 13.7. The summed E-state index contributed by atoms with van der Waals surface area (Å²) in [5.74, 6) is 0. The summed E-state index contributed by atoms with van der Waals surface area (Å²) in [5, 5.41) is 6.38. The zero-order valence-corrected chi connectivity index (χ0v) is 34.3. The molecule has 0 radical (unpaired) electrons. The van der Waals surface area contributed by atoms with Crippen molar-refractivity contribution in [2.24, 2.45) is 0 Å². The first kappa shape index (κ1) is 35.5. The highest BCUT2D eigenvalue weighted by Crippen LogP contribution is 2.43. The van der Waals surface area contributed by atoms with Crippen LogP contribution in [0.4, 0.5) is 17.1 Å². The van der Waals surface area contributed by atoms with Crippen LogP contribution < -0.4 is 4.90 Å². The minimum Gasteiger partial charge on any atom is -0.313 e. The lowest BCUT2D eigenvalue weighted by atomic mass is 9.97. The standard InChI is InChI=1S/C58H40N2S/c1-3-12-39(13-4-1)40-24-30-47(31-25-40)59(48-32-26-41(27-33-48)50-18-11-19-53-52-17-8-10-21-57(52)61-58(50)53)49-34-28-43-36-42(22-23-44(43)37-49)45-29-35-56-54(38-45)51-16-7-9-20-55(51)60(56)46-14-5-2-6-15-46/h1-8,10-19,21-38H,9,20H2. The molecule has 9 aromatic carbocycles. The summed E-state index contributed by atoms with van der Waals surface area (Å²) in [6.07, 6.45) is 6.76. The Bertz CT molecular complexity index is 3450. The number of fused-ring (bicyclic) bond motifs is 7. The average molecular weight is 797 g/mol. The van der Waals surface area contributed by atoms with Crippen molar-refractivity contribution in [2.45, 2.75) is 12.8 Å².